The summed E-state index contributed by atoms with van der Waals surface area (Å²) in [5, 5.41) is 11.6. The van der Waals surface area contributed by atoms with E-state index in [9.17, 15) is 9.59 Å². The number of halogens is 1. The molecule has 0 radical (unpaired) electrons. The average molecular weight is 358 g/mol. The minimum Gasteiger partial charge on any atom is -0.493 e. The molecule has 0 aliphatic rings. The van der Waals surface area contributed by atoms with Crippen LogP contribution in [0.25, 0.3) is 0 Å². The van der Waals surface area contributed by atoms with Crippen LogP contribution in [-0.2, 0) is 9.59 Å². The van der Waals surface area contributed by atoms with Gasteiger partial charge >= 0.3 is 5.97 Å². The Morgan fingerprint density at radius 1 is 1.29 bits per heavy atom. The molecule has 0 aliphatic heterocycles. The van der Waals surface area contributed by atoms with E-state index in [1.54, 1.807) is 12.1 Å². The first-order chi connectivity index (χ1) is 9.88. The molecule has 0 saturated heterocycles. The number of carbonyl (C=O) groups is 2. The Hall–Kier alpha value is -1.56. The average Bonchev–Trinajstić information content (AvgIpc) is 2.39. The molecule has 0 heterocycles. The molecule has 1 aromatic rings. The predicted octanol–water partition coefficient (Wildman–Crippen LogP) is 2.83. The number of aliphatic carboxylic acids is 1. The number of ether oxygens (including phenoxy) is 1. The zero-order valence-corrected chi connectivity index (χ0v) is 13.7. The molecule has 0 aromatic heterocycles. The number of carboxylic acid groups (broad SMARTS) is 1. The van der Waals surface area contributed by atoms with Gasteiger partial charge in [0.05, 0.1) is 13.0 Å². The topological polar surface area (TPSA) is 75.6 Å². The van der Waals surface area contributed by atoms with Crippen molar-refractivity contribution in [2.75, 3.05) is 6.61 Å². The van der Waals surface area contributed by atoms with E-state index in [0.717, 1.165) is 4.47 Å². The lowest BCUT2D eigenvalue weighted by Gasteiger charge is -2.16. The summed E-state index contributed by atoms with van der Waals surface area (Å²) in [6.07, 6.45) is 0.534. The molecule has 2 N–H and O–H groups in total. The maximum atomic E-state index is 11.7. The quantitative estimate of drug-likeness (QED) is 0.749. The van der Waals surface area contributed by atoms with Gasteiger partial charge in [-0.3, -0.25) is 4.79 Å². The van der Waals surface area contributed by atoms with Crippen molar-refractivity contribution in [1.29, 1.82) is 0 Å². The Morgan fingerprint density at radius 3 is 2.43 bits per heavy atom. The Bertz CT molecular complexity index is 473. The first kappa shape index (κ1) is 17.5. The lowest BCUT2D eigenvalue weighted by molar-refractivity contribution is -0.142. The smallest absolute Gasteiger partial charge is 0.326 e. The molecule has 0 spiro atoms. The van der Waals surface area contributed by atoms with Crippen LogP contribution in [-0.4, -0.2) is 29.6 Å². The van der Waals surface area contributed by atoms with E-state index >= 15 is 0 Å². The molecular formula is C15H20BrNO4. The largest absolute Gasteiger partial charge is 0.493 e. The molecule has 5 nitrogen and oxygen atoms in total. The predicted molar refractivity (Wildman–Crippen MR) is 83.3 cm³/mol. The van der Waals surface area contributed by atoms with Crippen LogP contribution in [0.1, 0.15) is 26.7 Å². The Labute approximate surface area is 132 Å². The Morgan fingerprint density at radius 2 is 1.90 bits per heavy atom. The van der Waals surface area contributed by atoms with Gasteiger partial charge in [0.1, 0.15) is 11.8 Å². The third kappa shape index (κ3) is 7.13. The fourth-order valence-electron chi connectivity index (χ4n) is 1.75. The van der Waals surface area contributed by atoms with E-state index in [-0.39, 0.29) is 24.9 Å². The molecule has 0 fully saturated rings. The van der Waals surface area contributed by atoms with Crippen molar-refractivity contribution < 1.29 is 19.4 Å². The molecule has 116 valence electrons. The number of rotatable bonds is 8. The van der Waals surface area contributed by atoms with Crippen LogP contribution in [0, 0.1) is 5.92 Å². The van der Waals surface area contributed by atoms with Gasteiger partial charge in [0.25, 0.3) is 0 Å². The molecular weight excluding hydrogens is 338 g/mol. The summed E-state index contributed by atoms with van der Waals surface area (Å²) >= 11 is 3.32. The van der Waals surface area contributed by atoms with Crippen LogP contribution in [0.4, 0.5) is 0 Å². The number of nitrogens with one attached hydrogen (secondary N) is 1. The Kier molecular flexibility index (Phi) is 7.22. The van der Waals surface area contributed by atoms with Crippen molar-refractivity contribution in [2.45, 2.75) is 32.7 Å². The van der Waals surface area contributed by atoms with Crippen LogP contribution in [0.2, 0.25) is 0 Å². The van der Waals surface area contributed by atoms with Crippen molar-refractivity contribution in [3.8, 4) is 5.75 Å². The number of hydrogen-bond donors (Lipinski definition) is 2. The zero-order chi connectivity index (χ0) is 15.8. The van der Waals surface area contributed by atoms with E-state index in [0.29, 0.717) is 12.2 Å². The highest BCUT2D eigenvalue weighted by Crippen LogP contribution is 2.16. The van der Waals surface area contributed by atoms with Gasteiger partial charge in [-0.25, -0.2) is 4.79 Å². The van der Waals surface area contributed by atoms with Gasteiger partial charge in [-0.15, -0.1) is 0 Å². The molecule has 1 rings (SSSR count). The minimum absolute atomic E-state index is 0.123. The number of hydrogen-bond acceptors (Lipinski definition) is 3. The summed E-state index contributed by atoms with van der Waals surface area (Å²) in [6, 6.07) is 6.43. The first-order valence-electron chi connectivity index (χ1n) is 6.79. The van der Waals surface area contributed by atoms with Crippen LogP contribution in [0.5, 0.6) is 5.75 Å². The Balaban J connectivity index is 2.35. The highest BCUT2D eigenvalue weighted by atomic mass is 79.9. The molecule has 0 unspecified atom stereocenters. The third-order valence-electron chi connectivity index (χ3n) is 2.75. The van der Waals surface area contributed by atoms with Gasteiger partial charge in [-0.05, 0) is 36.6 Å². The van der Waals surface area contributed by atoms with Crippen LogP contribution < -0.4 is 10.1 Å². The van der Waals surface area contributed by atoms with Gasteiger partial charge in [0.2, 0.25) is 5.91 Å². The van der Waals surface area contributed by atoms with Crippen molar-refractivity contribution in [3.63, 3.8) is 0 Å². The maximum Gasteiger partial charge on any atom is 0.326 e. The van der Waals surface area contributed by atoms with Crippen LogP contribution >= 0.6 is 15.9 Å². The summed E-state index contributed by atoms with van der Waals surface area (Å²) < 4.78 is 6.38. The second kappa shape index (κ2) is 8.67. The number of carboxylic acids is 1. The van der Waals surface area contributed by atoms with Crippen molar-refractivity contribution >= 4 is 27.8 Å². The van der Waals surface area contributed by atoms with E-state index < -0.39 is 12.0 Å². The van der Waals surface area contributed by atoms with Crippen molar-refractivity contribution in [3.05, 3.63) is 28.7 Å². The number of carbonyl (C=O) groups excluding carboxylic acids is 1. The van der Waals surface area contributed by atoms with Gasteiger partial charge < -0.3 is 15.2 Å². The second-order valence-electron chi connectivity index (χ2n) is 5.14. The summed E-state index contributed by atoms with van der Waals surface area (Å²) in [4.78, 5) is 22.8. The molecule has 1 atom stereocenters. The van der Waals surface area contributed by atoms with Gasteiger partial charge in [-0.2, -0.15) is 0 Å². The molecule has 0 bridgehead atoms. The van der Waals surface area contributed by atoms with Crippen molar-refractivity contribution in [1.82, 2.24) is 5.32 Å². The van der Waals surface area contributed by atoms with Crippen LogP contribution in [0.3, 0.4) is 0 Å². The molecule has 21 heavy (non-hydrogen) atoms. The lowest BCUT2D eigenvalue weighted by atomic mass is 10.0. The van der Waals surface area contributed by atoms with E-state index in [1.807, 2.05) is 26.0 Å². The normalized spacial score (nSPS) is 12.0. The standard InChI is InChI=1S/C15H20BrNO4/c1-10(2)9-13(15(19)20)17-14(18)7-8-21-12-5-3-11(16)4-6-12/h3-6,10,13H,7-9H2,1-2H3,(H,17,18)(H,19,20)/t13-/m0/s1. The summed E-state index contributed by atoms with van der Waals surface area (Å²) in [5.41, 5.74) is 0. The molecule has 0 aliphatic carbocycles. The maximum absolute atomic E-state index is 11.7. The zero-order valence-electron chi connectivity index (χ0n) is 12.1. The number of amides is 1. The van der Waals surface area contributed by atoms with E-state index in [4.69, 9.17) is 9.84 Å². The second-order valence-corrected chi connectivity index (χ2v) is 6.06. The molecule has 1 aromatic carbocycles. The van der Waals surface area contributed by atoms with E-state index in [1.165, 1.54) is 0 Å². The summed E-state index contributed by atoms with van der Waals surface area (Å²) in [5.74, 6) is -0.459. The number of benzene rings is 1. The first-order valence-corrected chi connectivity index (χ1v) is 7.58. The summed E-state index contributed by atoms with van der Waals surface area (Å²) in [7, 11) is 0. The molecule has 1 amide bonds. The van der Waals surface area contributed by atoms with Crippen molar-refractivity contribution in [2.24, 2.45) is 5.92 Å². The highest BCUT2D eigenvalue weighted by molar-refractivity contribution is 9.10. The SMILES string of the molecule is CC(C)C[C@H](NC(=O)CCOc1ccc(Br)cc1)C(=O)O. The highest BCUT2D eigenvalue weighted by Gasteiger charge is 2.20. The minimum atomic E-state index is -1.01. The monoisotopic (exact) mass is 357 g/mol. The fourth-order valence-corrected chi connectivity index (χ4v) is 2.02. The summed E-state index contributed by atoms with van der Waals surface area (Å²) in [6.45, 7) is 4.04. The fraction of sp³-hybridized carbons (Fsp3) is 0.467. The van der Waals surface area contributed by atoms with Crippen LogP contribution in [0.15, 0.2) is 28.7 Å². The third-order valence-corrected chi connectivity index (χ3v) is 3.28. The molecule has 0 saturated carbocycles. The van der Waals surface area contributed by atoms with Gasteiger partial charge in [0.15, 0.2) is 0 Å². The van der Waals surface area contributed by atoms with Gasteiger partial charge in [-0.1, -0.05) is 29.8 Å². The van der Waals surface area contributed by atoms with E-state index in [2.05, 4.69) is 21.2 Å². The lowest BCUT2D eigenvalue weighted by Crippen LogP contribution is -2.42. The molecule has 6 heteroatoms. The van der Waals surface area contributed by atoms with Gasteiger partial charge in [0, 0.05) is 4.47 Å².